The van der Waals surface area contributed by atoms with Gasteiger partial charge in [-0.2, -0.15) is 0 Å². The summed E-state index contributed by atoms with van der Waals surface area (Å²) >= 11 is 0. The molecule has 0 saturated heterocycles. The molecule has 0 aliphatic heterocycles. The van der Waals surface area contributed by atoms with E-state index >= 15 is 0 Å². The van der Waals surface area contributed by atoms with Gasteiger partial charge >= 0.3 is 5.97 Å². The maximum absolute atomic E-state index is 10.7. The van der Waals surface area contributed by atoms with Crippen LogP contribution in [0.15, 0.2) is 10.6 Å². The van der Waals surface area contributed by atoms with Gasteiger partial charge in [-0.1, -0.05) is 24.9 Å². The van der Waals surface area contributed by atoms with Crippen molar-refractivity contribution in [3.8, 4) is 0 Å². The lowest BCUT2D eigenvalue weighted by Gasteiger charge is -2.14. The van der Waals surface area contributed by atoms with Crippen molar-refractivity contribution in [2.75, 3.05) is 0 Å². The Morgan fingerprint density at radius 1 is 1.50 bits per heavy atom. The number of carboxylic acids is 1. The van der Waals surface area contributed by atoms with Crippen molar-refractivity contribution in [1.82, 2.24) is 10.5 Å². The number of carboxylic acid groups (broad SMARTS) is 1. The summed E-state index contributed by atoms with van der Waals surface area (Å²) in [6.07, 6.45) is 6.19. The van der Waals surface area contributed by atoms with Crippen LogP contribution < -0.4 is 5.32 Å². The Kier molecular flexibility index (Phi) is 4.36. The standard InChI is InChI=1S/C13H20N2O3/c1-9-3-2-4-10(6-5-9)14-8-11-7-12(13(16)17)15-18-11/h7,9-10,14H,2-6,8H2,1H3,(H,16,17). The quantitative estimate of drug-likeness (QED) is 0.805. The molecule has 0 spiro atoms. The van der Waals surface area contributed by atoms with Gasteiger partial charge in [0.05, 0.1) is 6.54 Å². The van der Waals surface area contributed by atoms with Crippen LogP contribution >= 0.6 is 0 Å². The average molecular weight is 252 g/mol. The number of carbonyl (C=O) groups is 1. The van der Waals surface area contributed by atoms with Gasteiger partial charge in [0.15, 0.2) is 11.5 Å². The van der Waals surface area contributed by atoms with E-state index in [4.69, 9.17) is 9.63 Å². The second-order valence-electron chi connectivity index (χ2n) is 5.17. The largest absolute Gasteiger partial charge is 0.476 e. The highest BCUT2D eigenvalue weighted by molar-refractivity contribution is 5.85. The first-order valence-corrected chi connectivity index (χ1v) is 6.57. The topological polar surface area (TPSA) is 75.4 Å². The maximum Gasteiger partial charge on any atom is 0.358 e. The predicted molar refractivity (Wildman–Crippen MR) is 66.3 cm³/mol. The molecule has 5 heteroatoms. The first-order valence-electron chi connectivity index (χ1n) is 6.57. The van der Waals surface area contributed by atoms with Crippen LogP contribution in [0.25, 0.3) is 0 Å². The Labute approximate surface area is 107 Å². The highest BCUT2D eigenvalue weighted by Gasteiger charge is 2.17. The molecule has 0 aromatic carbocycles. The molecule has 0 amide bonds. The summed E-state index contributed by atoms with van der Waals surface area (Å²) in [5.74, 6) is 0.360. The van der Waals surface area contributed by atoms with Gasteiger partial charge in [-0.25, -0.2) is 4.79 Å². The van der Waals surface area contributed by atoms with Gasteiger partial charge in [-0.3, -0.25) is 0 Å². The SMILES string of the molecule is CC1CCCC(NCc2cc(C(=O)O)no2)CC1. The van der Waals surface area contributed by atoms with Gasteiger partial charge in [0.1, 0.15) is 0 Å². The molecule has 1 saturated carbocycles. The van der Waals surface area contributed by atoms with E-state index in [-0.39, 0.29) is 5.69 Å². The molecular formula is C13H20N2O3. The van der Waals surface area contributed by atoms with Gasteiger partial charge < -0.3 is 14.9 Å². The molecule has 2 N–H and O–H groups in total. The third-order valence-corrected chi connectivity index (χ3v) is 3.60. The predicted octanol–water partition coefficient (Wildman–Crippen LogP) is 2.43. The fourth-order valence-electron chi connectivity index (χ4n) is 2.43. The molecule has 1 fully saturated rings. The zero-order valence-corrected chi connectivity index (χ0v) is 10.7. The van der Waals surface area contributed by atoms with Crippen LogP contribution in [-0.2, 0) is 6.54 Å². The summed E-state index contributed by atoms with van der Waals surface area (Å²) in [4.78, 5) is 10.7. The minimum atomic E-state index is -1.05. The molecule has 0 bridgehead atoms. The summed E-state index contributed by atoms with van der Waals surface area (Å²) in [6, 6.07) is 1.99. The number of rotatable bonds is 4. The summed E-state index contributed by atoms with van der Waals surface area (Å²) < 4.78 is 4.98. The second kappa shape index (κ2) is 6.00. The van der Waals surface area contributed by atoms with Crippen molar-refractivity contribution in [3.63, 3.8) is 0 Å². The molecule has 100 valence electrons. The maximum atomic E-state index is 10.7. The van der Waals surface area contributed by atoms with E-state index in [9.17, 15) is 4.79 Å². The molecule has 1 heterocycles. The number of nitrogens with zero attached hydrogens (tertiary/aromatic N) is 1. The summed E-state index contributed by atoms with van der Waals surface area (Å²) in [5.41, 5.74) is -0.0266. The number of aromatic nitrogens is 1. The van der Waals surface area contributed by atoms with Gasteiger partial charge in [0.25, 0.3) is 0 Å². The minimum Gasteiger partial charge on any atom is -0.476 e. The van der Waals surface area contributed by atoms with E-state index in [1.54, 1.807) is 0 Å². The molecule has 1 aliphatic carbocycles. The third-order valence-electron chi connectivity index (χ3n) is 3.60. The first kappa shape index (κ1) is 13.1. The number of nitrogens with one attached hydrogen (secondary N) is 1. The summed E-state index contributed by atoms with van der Waals surface area (Å²) in [7, 11) is 0. The molecule has 5 nitrogen and oxygen atoms in total. The van der Waals surface area contributed by atoms with Gasteiger partial charge in [-0.15, -0.1) is 0 Å². The van der Waals surface area contributed by atoms with Crippen molar-refractivity contribution in [3.05, 3.63) is 17.5 Å². The van der Waals surface area contributed by atoms with Crippen molar-refractivity contribution in [1.29, 1.82) is 0 Å². The molecule has 1 aromatic heterocycles. The lowest BCUT2D eigenvalue weighted by Crippen LogP contribution is -2.27. The van der Waals surface area contributed by atoms with E-state index in [2.05, 4.69) is 17.4 Å². The van der Waals surface area contributed by atoms with E-state index in [1.165, 1.54) is 38.2 Å². The molecule has 2 atom stereocenters. The van der Waals surface area contributed by atoms with Crippen LogP contribution in [0.3, 0.4) is 0 Å². The molecule has 1 aromatic rings. The number of hydrogen-bond acceptors (Lipinski definition) is 4. The molecule has 2 unspecified atom stereocenters. The normalized spacial score (nSPS) is 24.7. The third kappa shape index (κ3) is 3.57. The first-order chi connectivity index (χ1) is 8.65. The molecule has 0 radical (unpaired) electrons. The Morgan fingerprint density at radius 3 is 3.06 bits per heavy atom. The molecule has 18 heavy (non-hydrogen) atoms. The van der Waals surface area contributed by atoms with Crippen molar-refractivity contribution < 1.29 is 14.4 Å². The smallest absolute Gasteiger partial charge is 0.358 e. The molecule has 2 rings (SSSR count). The van der Waals surface area contributed by atoms with Crippen LogP contribution in [0, 0.1) is 5.92 Å². The summed E-state index contributed by atoms with van der Waals surface area (Å²) in [5, 5.41) is 15.7. The number of hydrogen-bond donors (Lipinski definition) is 2. The Bertz CT molecular complexity index is 403. The van der Waals surface area contributed by atoms with Gasteiger partial charge in [-0.05, 0) is 25.2 Å². The van der Waals surface area contributed by atoms with Crippen molar-refractivity contribution >= 4 is 5.97 Å². The van der Waals surface area contributed by atoms with E-state index in [0.29, 0.717) is 18.3 Å². The Morgan fingerprint density at radius 2 is 2.33 bits per heavy atom. The van der Waals surface area contributed by atoms with E-state index in [1.807, 2.05) is 0 Å². The average Bonchev–Trinajstić information content (AvgIpc) is 2.72. The highest BCUT2D eigenvalue weighted by Crippen LogP contribution is 2.22. The number of aromatic carboxylic acids is 1. The second-order valence-corrected chi connectivity index (χ2v) is 5.17. The van der Waals surface area contributed by atoms with Gasteiger partial charge in [0, 0.05) is 12.1 Å². The Balaban J connectivity index is 1.81. The zero-order valence-electron chi connectivity index (χ0n) is 10.7. The van der Waals surface area contributed by atoms with Crippen molar-refractivity contribution in [2.24, 2.45) is 5.92 Å². The zero-order chi connectivity index (χ0) is 13.0. The van der Waals surface area contributed by atoms with Crippen molar-refractivity contribution in [2.45, 2.75) is 51.6 Å². The van der Waals surface area contributed by atoms with Gasteiger partial charge in [0.2, 0.25) is 0 Å². The van der Waals surface area contributed by atoms with Crippen LogP contribution in [0.4, 0.5) is 0 Å². The van der Waals surface area contributed by atoms with Crippen LogP contribution in [0.2, 0.25) is 0 Å². The van der Waals surface area contributed by atoms with Crippen LogP contribution in [-0.4, -0.2) is 22.3 Å². The fraction of sp³-hybridized carbons (Fsp3) is 0.692. The van der Waals surface area contributed by atoms with E-state index in [0.717, 1.165) is 5.92 Å². The monoisotopic (exact) mass is 252 g/mol. The Hall–Kier alpha value is -1.36. The lowest BCUT2D eigenvalue weighted by atomic mass is 10.0. The lowest BCUT2D eigenvalue weighted by molar-refractivity contribution is 0.0685. The molecular weight excluding hydrogens is 232 g/mol. The minimum absolute atomic E-state index is 0.0266. The van der Waals surface area contributed by atoms with E-state index < -0.39 is 5.97 Å². The molecule has 1 aliphatic rings. The van der Waals surface area contributed by atoms with Crippen LogP contribution in [0.5, 0.6) is 0 Å². The summed E-state index contributed by atoms with van der Waals surface area (Å²) in [6.45, 7) is 2.86. The van der Waals surface area contributed by atoms with Crippen LogP contribution in [0.1, 0.15) is 55.3 Å². The fourth-order valence-corrected chi connectivity index (χ4v) is 2.43. The highest BCUT2D eigenvalue weighted by atomic mass is 16.5.